The summed E-state index contributed by atoms with van der Waals surface area (Å²) in [4.78, 5) is 27.3. The van der Waals surface area contributed by atoms with Crippen LogP contribution in [0.5, 0.6) is 5.75 Å². The number of phenolic OH excluding ortho intramolecular Hbond substituents is 1. The number of carbonyl (C=O) groups excluding carboxylic acids is 1. The van der Waals surface area contributed by atoms with Crippen molar-refractivity contribution in [1.29, 1.82) is 0 Å². The van der Waals surface area contributed by atoms with Gasteiger partial charge in [0, 0.05) is 40.1 Å². The number of phenols is 1. The third kappa shape index (κ3) is 4.19. The third-order valence-corrected chi connectivity index (χ3v) is 4.04. The second-order valence-corrected chi connectivity index (χ2v) is 6.05. The van der Waals surface area contributed by atoms with Gasteiger partial charge in [0.2, 0.25) is 0 Å². The number of rotatable bonds is 5. The first-order valence-corrected chi connectivity index (χ1v) is 8.24. The summed E-state index contributed by atoms with van der Waals surface area (Å²) in [5.41, 5.74) is 1.09. The van der Waals surface area contributed by atoms with Crippen LogP contribution in [0.1, 0.15) is 21.5 Å². The van der Waals surface area contributed by atoms with Gasteiger partial charge in [-0.05, 0) is 24.3 Å². The molecule has 0 atom stereocenters. The van der Waals surface area contributed by atoms with Gasteiger partial charge in [-0.2, -0.15) is 0 Å². The van der Waals surface area contributed by atoms with Gasteiger partial charge >= 0.3 is 0 Å². The molecular weight excluding hydrogens is 368 g/mol. The van der Waals surface area contributed by atoms with Crippen LogP contribution >= 0.6 is 11.6 Å². The van der Waals surface area contributed by atoms with E-state index in [1.54, 1.807) is 42.5 Å². The normalized spacial score (nSPS) is 10.9. The highest BCUT2D eigenvalue weighted by Crippen LogP contribution is 2.27. The predicted octanol–water partition coefficient (Wildman–Crippen LogP) is 4.94. The van der Waals surface area contributed by atoms with E-state index in [0.717, 1.165) is 0 Å². The van der Waals surface area contributed by atoms with Crippen LogP contribution in [0.4, 0.5) is 11.4 Å². The molecule has 0 unspecified atom stereocenters. The van der Waals surface area contributed by atoms with E-state index >= 15 is 0 Å². The van der Waals surface area contributed by atoms with Crippen molar-refractivity contribution < 1.29 is 14.8 Å². The lowest BCUT2D eigenvalue weighted by atomic mass is 10.0. The van der Waals surface area contributed by atoms with Crippen molar-refractivity contribution in [2.24, 2.45) is 4.99 Å². The zero-order valence-corrected chi connectivity index (χ0v) is 14.6. The van der Waals surface area contributed by atoms with Crippen LogP contribution < -0.4 is 0 Å². The van der Waals surface area contributed by atoms with Crippen molar-refractivity contribution in [3.05, 3.63) is 98.6 Å². The molecule has 27 heavy (non-hydrogen) atoms. The maximum Gasteiger partial charge on any atom is 0.270 e. The highest BCUT2D eigenvalue weighted by atomic mass is 35.5. The Morgan fingerprint density at radius 3 is 2.52 bits per heavy atom. The number of non-ortho nitro benzene ring substituents is 1. The molecular formula is C20H13ClN2O4. The Morgan fingerprint density at radius 2 is 1.81 bits per heavy atom. The van der Waals surface area contributed by atoms with Crippen LogP contribution in [0.25, 0.3) is 0 Å². The summed E-state index contributed by atoms with van der Waals surface area (Å²) in [6.07, 6.45) is 1.27. The minimum atomic E-state index is -0.566. The summed E-state index contributed by atoms with van der Waals surface area (Å²) in [6.45, 7) is 0. The number of ketones is 1. The number of carbonyl (C=O) groups is 1. The minimum absolute atomic E-state index is 0.158. The lowest BCUT2D eigenvalue weighted by Crippen LogP contribution is -2.01. The molecule has 0 spiro atoms. The summed E-state index contributed by atoms with van der Waals surface area (Å²) in [6, 6.07) is 17.0. The summed E-state index contributed by atoms with van der Waals surface area (Å²) >= 11 is 6.03. The molecule has 0 aromatic heterocycles. The summed E-state index contributed by atoms with van der Waals surface area (Å²) < 4.78 is 0. The van der Waals surface area contributed by atoms with E-state index < -0.39 is 4.92 Å². The molecule has 0 saturated heterocycles. The van der Waals surface area contributed by atoms with E-state index in [1.165, 1.54) is 30.5 Å². The largest absolute Gasteiger partial charge is 0.507 e. The molecule has 0 amide bonds. The first kappa shape index (κ1) is 18.3. The molecule has 1 N–H and O–H groups in total. The number of nitro benzene ring substituents is 1. The molecule has 3 rings (SSSR count). The van der Waals surface area contributed by atoms with E-state index in [1.807, 2.05) is 0 Å². The van der Waals surface area contributed by atoms with Crippen LogP contribution in [0.15, 0.2) is 71.7 Å². The van der Waals surface area contributed by atoms with Crippen molar-refractivity contribution in [3.63, 3.8) is 0 Å². The monoisotopic (exact) mass is 380 g/mol. The molecule has 7 heteroatoms. The van der Waals surface area contributed by atoms with E-state index in [0.29, 0.717) is 16.3 Å². The number of nitro groups is 1. The van der Waals surface area contributed by atoms with E-state index in [2.05, 4.69) is 4.99 Å². The number of aromatic hydroxyl groups is 1. The Labute approximate surface area is 159 Å². The van der Waals surface area contributed by atoms with Crippen LogP contribution in [-0.4, -0.2) is 22.0 Å². The number of hydrogen-bond acceptors (Lipinski definition) is 5. The Balaban J connectivity index is 2.01. The quantitative estimate of drug-likeness (QED) is 0.294. The van der Waals surface area contributed by atoms with Crippen LogP contribution in [0.2, 0.25) is 5.02 Å². The van der Waals surface area contributed by atoms with Gasteiger partial charge in [-0.3, -0.25) is 19.9 Å². The summed E-state index contributed by atoms with van der Waals surface area (Å²) in [5.74, 6) is -0.414. The maximum absolute atomic E-state index is 12.8. The Bertz CT molecular complexity index is 1050. The minimum Gasteiger partial charge on any atom is -0.507 e. The molecule has 0 aliphatic rings. The first-order valence-electron chi connectivity index (χ1n) is 7.86. The van der Waals surface area contributed by atoms with E-state index in [4.69, 9.17) is 11.6 Å². The molecule has 134 valence electrons. The van der Waals surface area contributed by atoms with Crippen molar-refractivity contribution in [3.8, 4) is 5.75 Å². The van der Waals surface area contributed by atoms with Gasteiger partial charge in [-0.1, -0.05) is 41.9 Å². The Hall–Kier alpha value is -3.51. The standard InChI is InChI=1S/C20H13ClN2O4/c21-15-6-8-18(17(11-15)20(25)13-4-2-1-3-5-13)22-12-14-10-16(23(26)27)7-9-19(14)24/h1-12,24H. The average molecular weight is 381 g/mol. The zero-order valence-electron chi connectivity index (χ0n) is 13.9. The van der Waals surface area contributed by atoms with Gasteiger partial charge in [-0.15, -0.1) is 0 Å². The predicted molar refractivity (Wildman–Crippen MR) is 103 cm³/mol. The van der Waals surface area contributed by atoms with Crippen molar-refractivity contribution >= 4 is 35.0 Å². The van der Waals surface area contributed by atoms with Crippen LogP contribution in [0, 0.1) is 10.1 Å². The number of hydrogen-bond donors (Lipinski definition) is 1. The number of aliphatic imine (C=N–C) groups is 1. The van der Waals surface area contributed by atoms with Gasteiger partial charge < -0.3 is 5.11 Å². The topological polar surface area (TPSA) is 92.8 Å². The molecule has 0 bridgehead atoms. The fraction of sp³-hybridized carbons (Fsp3) is 0. The van der Waals surface area contributed by atoms with E-state index in [-0.39, 0.29) is 28.3 Å². The second-order valence-electron chi connectivity index (χ2n) is 5.62. The lowest BCUT2D eigenvalue weighted by molar-refractivity contribution is -0.384. The SMILES string of the molecule is O=C(c1ccccc1)c1cc(Cl)ccc1N=Cc1cc([N+](=O)[O-])ccc1O. The van der Waals surface area contributed by atoms with Crippen LogP contribution in [0.3, 0.4) is 0 Å². The van der Waals surface area contributed by atoms with Crippen molar-refractivity contribution in [2.75, 3.05) is 0 Å². The van der Waals surface area contributed by atoms with Gasteiger partial charge in [-0.25, -0.2) is 0 Å². The maximum atomic E-state index is 12.8. The van der Waals surface area contributed by atoms with Crippen molar-refractivity contribution in [1.82, 2.24) is 0 Å². The smallest absolute Gasteiger partial charge is 0.270 e. The molecule has 0 aliphatic carbocycles. The molecule has 6 nitrogen and oxygen atoms in total. The van der Waals surface area contributed by atoms with Gasteiger partial charge in [0.15, 0.2) is 5.78 Å². The summed E-state index contributed by atoms with van der Waals surface area (Å²) in [5, 5.41) is 21.2. The third-order valence-electron chi connectivity index (χ3n) is 3.80. The highest BCUT2D eigenvalue weighted by molar-refractivity contribution is 6.31. The fourth-order valence-electron chi connectivity index (χ4n) is 2.45. The van der Waals surface area contributed by atoms with Crippen LogP contribution in [-0.2, 0) is 0 Å². The molecule has 0 heterocycles. The average Bonchev–Trinajstić information content (AvgIpc) is 2.68. The van der Waals surface area contributed by atoms with Gasteiger partial charge in [0.25, 0.3) is 5.69 Å². The fourth-order valence-corrected chi connectivity index (χ4v) is 2.62. The number of nitrogens with zero attached hydrogens (tertiary/aromatic N) is 2. The molecule has 0 aliphatic heterocycles. The first-order chi connectivity index (χ1) is 13.0. The number of halogens is 1. The molecule has 3 aromatic rings. The van der Waals surface area contributed by atoms with E-state index in [9.17, 15) is 20.0 Å². The molecule has 3 aromatic carbocycles. The second kappa shape index (κ2) is 7.80. The number of benzene rings is 3. The summed E-state index contributed by atoms with van der Waals surface area (Å²) in [7, 11) is 0. The highest BCUT2D eigenvalue weighted by Gasteiger charge is 2.14. The van der Waals surface area contributed by atoms with Crippen molar-refractivity contribution in [2.45, 2.75) is 0 Å². The molecule has 0 radical (unpaired) electrons. The van der Waals surface area contributed by atoms with Gasteiger partial charge in [0.05, 0.1) is 10.6 Å². The Morgan fingerprint density at radius 1 is 1.07 bits per heavy atom. The Kier molecular flexibility index (Phi) is 5.28. The van der Waals surface area contributed by atoms with Gasteiger partial charge in [0.1, 0.15) is 5.75 Å². The molecule has 0 saturated carbocycles. The lowest BCUT2D eigenvalue weighted by Gasteiger charge is -2.06. The molecule has 0 fully saturated rings. The zero-order chi connectivity index (χ0) is 19.4.